The third-order valence-electron chi connectivity index (χ3n) is 2.97. The summed E-state index contributed by atoms with van der Waals surface area (Å²) < 4.78 is 2.08. The molecule has 0 spiro atoms. The van der Waals surface area contributed by atoms with E-state index in [2.05, 4.69) is 9.55 Å². The van der Waals surface area contributed by atoms with E-state index in [1.54, 1.807) is 6.20 Å². The van der Waals surface area contributed by atoms with Crippen LogP contribution in [0.1, 0.15) is 25.6 Å². The molecule has 0 fully saturated rings. The molecule has 0 aromatic carbocycles. The molecule has 1 atom stereocenters. The highest BCUT2D eigenvalue weighted by Gasteiger charge is 2.24. The molecule has 88 valence electrons. The minimum atomic E-state index is -0.355. The zero-order chi connectivity index (χ0) is 11.5. The van der Waals surface area contributed by atoms with Crippen LogP contribution < -0.4 is 5.73 Å². The maximum Gasteiger partial charge on any atom is 0.239 e. The lowest BCUT2D eigenvalue weighted by Gasteiger charge is -2.29. The summed E-state index contributed by atoms with van der Waals surface area (Å²) >= 11 is 0. The first-order chi connectivity index (χ1) is 7.72. The van der Waals surface area contributed by atoms with Gasteiger partial charge >= 0.3 is 0 Å². The van der Waals surface area contributed by atoms with Crippen LogP contribution in [0.2, 0.25) is 0 Å². The number of imidazole rings is 1. The molecular formula is C11H18N4O. The second-order valence-corrected chi connectivity index (χ2v) is 4.19. The fraction of sp³-hybridized carbons (Fsp3) is 0.636. The first-order valence-electron chi connectivity index (χ1n) is 5.76. The van der Waals surface area contributed by atoms with Gasteiger partial charge in [-0.3, -0.25) is 4.79 Å². The molecular weight excluding hydrogens is 204 g/mol. The Morgan fingerprint density at radius 1 is 1.62 bits per heavy atom. The molecule has 2 heterocycles. The molecule has 0 saturated carbocycles. The van der Waals surface area contributed by atoms with Gasteiger partial charge in [-0.1, -0.05) is 13.3 Å². The van der Waals surface area contributed by atoms with Crippen LogP contribution in [-0.4, -0.2) is 32.9 Å². The van der Waals surface area contributed by atoms with Crippen LogP contribution in [0.3, 0.4) is 0 Å². The predicted octanol–water partition coefficient (Wildman–Crippen LogP) is 0.353. The summed E-state index contributed by atoms with van der Waals surface area (Å²) in [5.74, 6) is 0.999. The number of carbonyl (C=O) groups is 1. The Kier molecular flexibility index (Phi) is 3.24. The number of nitrogens with two attached hydrogens (primary N) is 1. The Hall–Kier alpha value is -1.36. The summed E-state index contributed by atoms with van der Waals surface area (Å²) in [6.45, 7) is 4.18. The molecule has 1 aliphatic heterocycles. The summed E-state index contributed by atoms with van der Waals surface area (Å²) in [7, 11) is 0. The Morgan fingerprint density at radius 3 is 3.19 bits per heavy atom. The molecule has 0 radical (unpaired) electrons. The molecule has 0 aliphatic carbocycles. The zero-order valence-corrected chi connectivity index (χ0v) is 9.59. The largest absolute Gasteiger partial charge is 0.332 e. The van der Waals surface area contributed by atoms with Gasteiger partial charge in [0, 0.05) is 25.5 Å². The number of rotatable bonds is 3. The van der Waals surface area contributed by atoms with E-state index < -0.39 is 0 Å². The third kappa shape index (κ3) is 2.09. The van der Waals surface area contributed by atoms with E-state index in [9.17, 15) is 4.79 Å². The Bertz CT molecular complexity index is 374. The first-order valence-corrected chi connectivity index (χ1v) is 5.76. The van der Waals surface area contributed by atoms with E-state index >= 15 is 0 Å². The number of hydrogen-bond acceptors (Lipinski definition) is 3. The van der Waals surface area contributed by atoms with Crippen molar-refractivity contribution < 1.29 is 4.79 Å². The van der Waals surface area contributed by atoms with Gasteiger partial charge in [0.15, 0.2) is 0 Å². The fourth-order valence-corrected chi connectivity index (χ4v) is 2.03. The SMILES string of the molecule is CCCC(N)C(=O)N1CCn2ccnc2C1. The summed E-state index contributed by atoms with van der Waals surface area (Å²) in [6, 6.07) is -0.355. The molecule has 0 bridgehead atoms. The fourth-order valence-electron chi connectivity index (χ4n) is 2.03. The van der Waals surface area contributed by atoms with Crippen molar-refractivity contribution in [2.45, 2.75) is 38.9 Å². The molecule has 1 aromatic rings. The number of nitrogens with zero attached hydrogens (tertiary/aromatic N) is 3. The van der Waals surface area contributed by atoms with Crippen molar-refractivity contribution in [2.24, 2.45) is 5.73 Å². The molecule has 1 aliphatic rings. The molecule has 16 heavy (non-hydrogen) atoms. The second kappa shape index (κ2) is 4.65. The quantitative estimate of drug-likeness (QED) is 0.802. The van der Waals surface area contributed by atoms with Gasteiger partial charge < -0.3 is 15.2 Å². The number of carbonyl (C=O) groups excluding carboxylic acids is 1. The molecule has 0 saturated heterocycles. The van der Waals surface area contributed by atoms with Crippen LogP contribution in [0, 0.1) is 0 Å². The van der Waals surface area contributed by atoms with Crippen molar-refractivity contribution in [1.29, 1.82) is 0 Å². The Balaban J connectivity index is 2.00. The predicted molar refractivity (Wildman–Crippen MR) is 60.5 cm³/mol. The molecule has 5 nitrogen and oxygen atoms in total. The average Bonchev–Trinajstić information content (AvgIpc) is 2.75. The summed E-state index contributed by atoms with van der Waals surface area (Å²) in [5, 5.41) is 0. The van der Waals surface area contributed by atoms with Gasteiger partial charge in [0.25, 0.3) is 0 Å². The number of aromatic nitrogens is 2. The lowest BCUT2D eigenvalue weighted by Crippen LogP contribution is -2.46. The van der Waals surface area contributed by atoms with Gasteiger partial charge in [-0.2, -0.15) is 0 Å². The van der Waals surface area contributed by atoms with Crippen LogP contribution in [0.25, 0.3) is 0 Å². The molecule has 2 N–H and O–H groups in total. The van der Waals surface area contributed by atoms with Crippen LogP contribution in [-0.2, 0) is 17.9 Å². The molecule has 5 heteroatoms. The monoisotopic (exact) mass is 222 g/mol. The third-order valence-corrected chi connectivity index (χ3v) is 2.97. The zero-order valence-electron chi connectivity index (χ0n) is 9.59. The van der Waals surface area contributed by atoms with Gasteiger partial charge in [0.1, 0.15) is 5.82 Å². The van der Waals surface area contributed by atoms with Crippen LogP contribution in [0.15, 0.2) is 12.4 Å². The van der Waals surface area contributed by atoms with Gasteiger partial charge in [0.05, 0.1) is 12.6 Å². The smallest absolute Gasteiger partial charge is 0.239 e. The topological polar surface area (TPSA) is 64.2 Å². The highest BCUT2D eigenvalue weighted by atomic mass is 16.2. The summed E-state index contributed by atoms with van der Waals surface area (Å²) in [5.41, 5.74) is 5.84. The summed E-state index contributed by atoms with van der Waals surface area (Å²) in [6.07, 6.45) is 5.41. The lowest BCUT2D eigenvalue weighted by atomic mass is 10.1. The van der Waals surface area contributed by atoms with Gasteiger partial charge in [0.2, 0.25) is 5.91 Å². The van der Waals surface area contributed by atoms with Crippen molar-refractivity contribution in [1.82, 2.24) is 14.5 Å². The second-order valence-electron chi connectivity index (χ2n) is 4.19. The Morgan fingerprint density at radius 2 is 2.44 bits per heavy atom. The van der Waals surface area contributed by atoms with Gasteiger partial charge in [-0.25, -0.2) is 4.98 Å². The first kappa shape index (κ1) is 11.1. The van der Waals surface area contributed by atoms with Crippen molar-refractivity contribution in [3.05, 3.63) is 18.2 Å². The van der Waals surface area contributed by atoms with E-state index in [0.29, 0.717) is 6.54 Å². The van der Waals surface area contributed by atoms with Crippen LogP contribution in [0.5, 0.6) is 0 Å². The number of hydrogen-bond donors (Lipinski definition) is 1. The van der Waals surface area contributed by atoms with E-state index in [1.807, 2.05) is 18.0 Å². The van der Waals surface area contributed by atoms with E-state index in [4.69, 9.17) is 5.73 Å². The maximum absolute atomic E-state index is 12.0. The standard InChI is InChI=1S/C11H18N4O/c1-2-3-9(12)11(16)15-7-6-14-5-4-13-10(14)8-15/h4-5,9H,2-3,6-8,12H2,1H3. The lowest BCUT2D eigenvalue weighted by molar-refractivity contribution is -0.134. The Labute approximate surface area is 95.2 Å². The number of amides is 1. The van der Waals surface area contributed by atoms with Crippen molar-refractivity contribution in [3.8, 4) is 0 Å². The van der Waals surface area contributed by atoms with Crippen LogP contribution in [0.4, 0.5) is 0 Å². The molecule has 2 rings (SSSR count). The highest BCUT2D eigenvalue weighted by molar-refractivity contribution is 5.81. The normalized spacial score (nSPS) is 17.0. The van der Waals surface area contributed by atoms with E-state index in [0.717, 1.165) is 31.8 Å². The maximum atomic E-state index is 12.0. The average molecular weight is 222 g/mol. The minimum Gasteiger partial charge on any atom is -0.332 e. The van der Waals surface area contributed by atoms with Crippen LogP contribution >= 0.6 is 0 Å². The van der Waals surface area contributed by atoms with E-state index in [1.165, 1.54) is 0 Å². The van der Waals surface area contributed by atoms with Gasteiger partial charge in [-0.05, 0) is 6.42 Å². The van der Waals surface area contributed by atoms with Crippen molar-refractivity contribution >= 4 is 5.91 Å². The molecule has 1 unspecified atom stereocenters. The van der Waals surface area contributed by atoms with Crippen molar-refractivity contribution in [3.63, 3.8) is 0 Å². The van der Waals surface area contributed by atoms with E-state index in [-0.39, 0.29) is 11.9 Å². The molecule has 1 aromatic heterocycles. The molecule has 1 amide bonds. The minimum absolute atomic E-state index is 0.0519. The summed E-state index contributed by atoms with van der Waals surface area (Å²) in [4.78, 5) is 18.0. The number of fused-ring (bicyclic) bond motifs is 1. The van der Waals surface area contributed by atoms with Gasteiger partial charge in [-0.15, -0.1) is 0 Å². The highest BCUT2D eigenvalue weighted by Crippen LogP contribution is 2.12. The van der Waals surface area contributed by atoms with Crippen molar-refractivity contribution in [2.75, 3.05) is 6.54 Å².